The van der Waals surface area contributed by atoms with Crippen molar-refractivity contribution in [2.45, 2.75) is 19.6 Å². The molecule has 0 saturated heterocycles. The third-order valence-corrected chi connectivity index (χ3v) is 1.22. The van der Waals surface area contributed by atoms with Gasteiger partial charge in [-0.25, -0.2) is 4.79 Å². The maximum Gasteiger partial charge on any atom is 0.328 e. The van der Waals surface area contributed by atoms with Crippen molar-refractivity contribution >= 4 is 20.8 Å². The zero-order chi connectivity index (χ0) is 11.7. The number of carbonyl (C=O) groups is 1. The minimum absolute atomic E-state index is 0.139. The van der Waals surface area contributed by atoms with E-state index in [1.165, 1.54) is 0 Å². The third-order valence-electron chi connectivity index (χ3n) is 1.22. The Morgan fingerprint density at radius 2 is 1.67 bits per heavy atom. The Balaban J connectivity index is 0.000000423. The molecule has 1 aromatic rings. The average molecular weight is 222 g/mol. The molecule has 0 amide bonds. The zero-order valence-electron chi connectivity index (χ0n) is 9.47. The molecule has 0 saturated carbocycles. The van der Waals surface area contributed by atoms with E-state index in [-0.39, 0.29) is 8.80 Å². The Kier molecular flexibility index (Phi) is 7.28. The normalized spacial score (nSPS) is 9.87. The van der Waals surface area contributed by atoms with E-state index in [9.17, 15) is 4.79 Å². The first-order valence-corrected chi connectivity index (χ1v) is 8.45. The standard InChI is InChI=1S/C9H8O2.C3H10Si/c10-9(11)7-6-8-4-2-1-3-5-8;1-4(2)3/h1-7H,(H,10,11);4H,1-3H3. The van der Waals surface area contributed by atoms with Crippen molar-refractivity contribution in [3.05, 3.63) is 42.0 Å². The van der Waals surface area contributed by atoms with Crippen LogP contribution in [-0.4, -0.2) is 19.9 Å². The van der Waals surface area contributed by atoms with Crippen LogP contribution in [0, 0.1) is 0 Å². The second-order valence-electron chi connectivity index (χ2n) is 3.81. The highest BCUT2D eigenvalue weighted by atomic mass is 28.3. The van der Waals surface area contributed by atoms with Crippen molar-refractivity contribution < 1.29 is 9.90 Å². The van der Waals surface area contributed by atoms with Gasteiger partial charge in [-0.3, -0.25) is 0 Å². The molecule has 0 aliphatic carbocycles. The lowest BCUT2D eigenvalue weighted by atomic mass is 10.2. The van der Waals surface area contributed by atoms with E-state index in [2.05, 4.69) is 19.6 Å². The van der Waals surface area contributed by atoms with E-state index in [1.54, 1.807) is 6.08 Å². The van der Waals surface area contributed by atoms with Gasteiger partial charge in [-0.05, 0) is 11.6 Å². The Labute approximate surface area is 92.9 Å². The summed E-state index contributed by atoms with van der Waals surface area (Å²) in [5.41, 5.74) is 0.898. The van der Waals surface area contributed by atoms with Crippen LogP contribution in [0.25, 0.3) is 6.08 Å². The molecule has 3 heteroatoms. The minimum Gasteiger partial charge on any atom is -0.478 e. The highest BCUT2D eigenvalue weighted by Crippen LogP contribution is 1.99. The van der Waals surface area contributed by atoms with Crippen LogP contribution in [0.3, 0.4) is 0 Å². The number of aliphatic carboxylic acids is 1. The van der Waals surface area contributed by atoms with Crippen LogP contribution in [-0.2, 0) is 4.79 Å². The molecule has 0 unspecified atom stereocenters. The molecule has 0 radical (unpaired) electrons. The fraction of sp³-hybridized carbons (Fsp3) is 0.250. The van der Waals surface area contributed by atoms with Gasteiger partial charge in [0.25, 0.3) is 0 Å². The van der Waals surface area contributed by atoms with Gasteiger partial charge in [-0.2, -0.15) is 0 Å². The van der Waals surface area contributed by atoms with Crippen molar-refractivity contribution in [2.75, 3.05) is 0 Å². The molecule has 0 fully saturated rings. The molecule has 0 aliphatic rings. The predicted molar refractivity (Wildman–Crippen MR) is 67.9 cm³/mol. The highest BCUT2D eigenvalue weighted by molar-refractivity contribution is 6.54. The van der Waals surface area contributed by atoms with E-state index in [4.69, 9.17) is 5.11 Å². The van der Waals surface area contributed by atoms with Gasteiger partial charge in [0, 0.05) is 14.9 Å². The molecule has 0 heterocycles. The SMILES string of the molecule is C[SiH](C)C.O=C(O)C=Cc1ccccc1. The van der Waals surface area contributed by atoms with Gasteiger partial charge in [0.2, 0.25) is 0 Å². The molecule has 0 aliphatic heterocycles. The molecule has 1 rings (SSSR count). The molecule has 2 nitrogen and oxygen atoms in total. The number of hydrogen-bond donors (Lipinski definition) is 1. The second-order valence-corrected chi connectivity index (χ2v) is 7.28. The van der Waals surface area contributed by atoms with Crippen LogP contribution < -0.4 is 0 Å². The Morgan fingerprint density at radius 1 is 1.20 bits per heavy atom. The molecule has 0 spiro atoms. The summed E-state index contributed by atoms with van der Waals surface area (Å²) in [4.78, 5) is 10.1. The van der Waals surface area contributed by atoms with Gasteiger partial charge in [-0.1, -0.05) is 50.0 Å². The fourth-order valence-electron chi connectivity index (χ4n) is 0.732. The summed E-state index contributed by atoms with van der Waals surface area (Å²) in [5.74, 6) is -0.922. The number of carboxylic acids is 1. The minimum atomic E-state index is -0.922. The number of rotatable bonds is 2. The Morgan fingerprint density at radius 3 is 2.07 bits per heavy atom. The lowest BCUT2D eigenvalue weighted by Crippen LogP contribution is -1.85. The summed E-state index contributed by atoms with van der Waals surface area (Å²) in [7, 11) is -0.139. The Bertz CT molecular complexity index is 302. The van der Waals surface area contributed by atoms with Crippen molar-refractivity contribution in [3.8, 4) is 0 Å². The van der Waals surface area contributed by atoms with Crippen molar-refractivity contribution in [1.82, 2.24) is 0 Å². The Hall–Kier alpha value is -1.35. The van der Waals surface area contributed by atoms with Gasteiger partial charge >= 0.3 is 5.97 Å². The summed E-state index contributed by atoms with van der Waals surface area (Å²) >= 11 is 0. The van der Waals surface area contributed by atoms with Crippen molar-refractivity contribution in [3.63, 3.8) is 0 Å². The van der Waals surface area contributed by atoms with Crippen molar-refractivity contribution in [1.29, 1.82) is 0 Å². The van der Waals surface area contributed by atoms with Crippen LogP contribution in [0.5, 0.6) is 0 Å². The summed E-state index contributed by atoms with van der Waals surface area (Å²) in [6.45, 7) is 6.92. The van der Waals surface area contributed by atoms with Crippen LogP contribution in [0.2, 0.25) is 19.6 Å². The summed E-state index contributed by atoms with van der Waals surface area (Å²) < 4.78 is 0. The smallest absolute Gasteiger partial charge is 0.328 e. The average Bonchev–Trinajstić information content (AvgIpc) is 2.15. The van der Waals surface area contributed by atoms with E-state index < -0.39 is 5.97 Å². The molecule has 82 valence electrons. The molecular formula is C12H18O2Si. The first kappa shape index (κ1) is 13.6. The first-order chi connectivity index (χ1) is 7.02. The molecule has 0 atom stereocenters. The third kappa shape index (κ3) is 10.6. The number of benzene rings is 1. The molecular weight excluding hydrogens is 204 g/mol. The second kappa shape index (κ2) is 8.00. The predicted octanol–water partition coefficient (Wildman–Crippen LogP) is 2.89. The molecule has 1 N–H and O–H groups in total. The lowest BCUT2D eigenvalue weighted by molar-refractivity contribution is -0.131. The van der Waals surface area contributed by atoms with Crippen LogP contribution in [0.15, 0.2) is 36.4 Å². The maximum atomic E-state index is 10.1. The van der Waals surface area contributed by atoms with Gasteiger partial charge in [0.05, 0.1) is 0 Å². The van der Waals surface area contributed by atoms with Crippen LogP contribution in [0.4, 0.5) is 0 Å². The summed E-state index contributed by atoms with van der Waals surface area (Å²) in [5, 5.41) is 8.29. The van der Waals surface area contributed by atoms with E-state index >= 15 is 0 Å². The van der Waals surface area contributed by atoms with E-state index in [0.29, 0.717) is 0 Å². The van der Waals surface area contributed by atoms with Gasteiger partial charge in [0.15, 0.2) is 0 Å². The molecule has 0 aromatic heterocycles. The van der Waals surface area contributed by atoms with Gasteiger partial charge in [0.1, 0.15) is 0 Å². The molecule has 15 heavy (non-hydrogen) atoms. The lowest BCUT2D eigenvalue weighted by Gasteiger charge is -1.87. The number of carboxylic acid groups (broad SMARTS) is 1. The summed E-state index contributed by atoms with van der Waals surface area (Å²) in [6, 6.07) is 9.31. The summed E-state index contributed by atoms with van der Waals surface area (Å²) in [6.07, 6.45) is 2.68. The van der Waals surface area contributed by atoms with Crippen molar-refractivity contribution in [2.24, 2.45) is 0 Å². The van der Waals surface area contributed by atoms with E-state index in [1.807, 2.05) is 30.3 Å². The first-order valence-electron chi connectivity index (χ1n) is 4.98. The quantitative estimate of drug-likeness (QED) is 0.617. The largest absolute Gasteiger partial charge is 0.478 e. The topological polar surface area (TPSA) is 37.3 Å². The zero-order valence-corrected chi connectivity index (χ0v) is 10.6. The molecule has 0 bridgehead atoms. The van der Waals surface area contributed by atoms with Crippen LogP contribution in [0.1, 0.15) is 5.56 Å². The fourth-order valence-corrected chi connectivity index (χ4v) is 0.732. The van der Waals surface area contributed by atoms with Gasteiger partial charge < -0.3 is 5.11 Å². The van der Waals surface area contributed by atoms with Gasteiger partial charge in [-0.15, -0.1) is 0 Å². The van der Waals surface area contributed by atoms with E-state index in [0.717, 1.165) is 11.6 Å². The van der Waals surface area contributed by atoms with Crippen LogP contribution >= 0.6 is 0 Å². The maximum absolute atomic E-state index is 10.1. The molecule has 1 aromatic carbocycles. The monoisotopic (exact) mass is 222 g/mol. The number of hydrogen-bond acceptors (Lipinski definition) is 1. The highest BCUT2D eigenvalue weighted by Gasteiger charge is 1.85.